The van der Waals surface area contributed by atoms with Gasteiger partial charge >= 0.3 is 0 Å². The number of hydrogen-bond donors (Lipinski definition) is 0. The van der Waals surface area contributed by atoms with Crippen LogP contribution in [0.1, 0.15) is 23.2 Å². The molecular weight excluding hydrogens is 230 g/mol. The average molecular weight is 245 g/mol. The van der Waals surface area contributed by atoms with Crippen LogP contribution in [0.3, 0.4) is 0 Å². The summed E-state index contributed by atoms with van der Waals surface area (Å²) >= 11 is 0. The molecule has 0 fully saturated rings. The fourth-order valence-corrected chi connectivity index (χ4v) is 1.65. The highest BCUT2D eigenvalue weighted by molar-refractivity contribution is 5.91. The van der Waals surface area contributed by atoms with Gasteiger partial charge in [0.05, 0.1) is 12.0 Å². The number of likely N-dealkylation sites (N-methyl/N-ethyl adjacent to an activating group) is 1. The molecule has 2 aromatic heterocycles. The van der Waals surface area contributed by atoms with E-state index in [-0.39, 0.29) is 11.9 Å². The Morgan fingerprint density at radius 3 is 2.94 bits per heavy atom. The molecule has 1 atom stereocenters. The molecule has 18 heavy (non-hydrogen) atoms. The summed E-state index contributed by atoms with van der Waals surface area (Å²) in [4.78, 5) is 21.9. The molecule has 0 saturated heterocycles. The van der Waals surface area contributed by atoms with E-state index in [0.29, 0.717) is 12.2 Å². The van der Waals surface area contributed by atoms with E-state index in [0.717, 1.165) is 5.69 Å². The quantitative estimate of drug-likeness (QED) is 0.823. The third kappa shape index (κ3) is 2.74. The molecule has 0 aromatic carbocycles. The van der Waals surface area contributed by atoms with Gasteiger partial charge in [-0.05, 0) is 19.1 Å². The van der Waals surface area contributed by atoms with Crippen LogP contribution < -0.4 is 0 Å². The zero-order valence-corrected chi connectivity index (χ0v) is 10.4. The number of furan rings is 1. The monoisotopic (exact) mass is 245 g/mol. The highest BCUT2D eigenvalue weighted by atomic mass is 16.3. The lowest BCUT2D eigenvalue weighted by atomic mass is 10.1. The second-order valence-corrected chi connectivity index (χ2v) is 4.14. The summed E-state index contributed by atoms with van der Waals surface area (Å²) in [6, 6.07) is 3.39. The molecule has 0 N–H and O–H groups in total. The van der Waals surface area contributed by atoms with E-state index < -0.39 is 0 Å². The lowest BCUT2D eigenvalue weighted by Crippen LogP contribution is -2.36. The highest BCUT2D eigenvalue weighted by Crippen LogP contribution is 2.10. The number of carbonyl (C=O) groups excluding carboxylic acids is 1. The predicted octanol–water partition coefficient (Wildman–Crippen LogP) is 1.77. The van der Waals surface area contributed by atoms with E-state index in [2.05, 4.69) is 9.97 Å². The third-order valence-corrected chi connectivity index (χ3v) is 2.83. The van der Waals surface area contributed by atoms with Crippen molar-refractivity contribution < 1.29 is 9.21 Å². The van der Waals surface area contributed by atoms with Gasteiger partial charge in [-0.15, -0.1) is 0 Å². The van der Waals surface area contributed by atoms with Gasteiger partial charge in [-0.25, -0.2) is 0 Å². The van der Waals surface area contributed by atoms with Crippen molar-refractivity contribution in [2.45, 2.75) is 19.4 Å². The molecule has 0 radical (unpaired) electrons. The van der Waals surface area contributed by atoms with Gasteiger partial charge in [-0.3, -0.25) is 14.8 Å². The van der Waals surface area contributed by atoms with Crippen LogP contribution in [0.5, 0.6) is 0 Å². The maximum atomic E-state index is 12.0. The van der Waals surface area contributed by atoms with E-state index >= 15 is 0 Å². The Morgan fingerprint density at radius 2 is 2.33 bits per heavy atom. The van der Waals surface area contributed by atoms with Crippen molar-refractivity contribution in [3.05, 3.63) is 48.4 Å². The van der Waals surface area contributed by atoms with Gasteiger partial charge in [-0.2, -0.15) is 0 Å². The summed E-state index contributed by atoms with van der Waals surface area (Å²) in [5.41, 5.74) is 0.865. The molecule has 5 nitrogen and oxygen atoms in total. The van der Waals surface area contributed by atoms with Crippen molar-refractivity contribution in [2.24, 2.45) is 0 Å². The minimum Gasteiger partial charge on any atom is -0.459 e. The van der Waals surface area contributed by atoms with Crippen molar-refractivity contribution in [3.63, 3.8) is 0 Å². The first-order valence-corrected chi connectivity index (χ1v) is 5.74. The Balaban J connectivity index is 2.01. The number of amides is 1. The number of rotatable bonds is 4. The second kappa shape index (κ2) is 5.44. The van der Waals surface area contributed by atoms with Crippen molar-refractivity contribution in [3.8, 4) is 0 Å². The van der Waals surface area contributed by atoms with Crippen LogP contribution in [-0.4, -0.2) is 33.9 Å². The molecule has 1 amide bonds. The Kier molecular flexibility index (Phi) is 3.72. The normalized spacial score (nSPS) is 12.1. The van der Waals surface area contributed by atoms with Gasteiger partial charge in [-0.1, -0.05) is 0 Å². The summed E-state index contributed by atoms with van der Waals surface area (Å²) in [7, 11) is 1.76. The molecule has 2 heterocycles. The molecule has 0 aliphatic heterocycles. The standard InChI is InChI=1S/C13H15N3O2/c1-10(8-11-9-14-5-6-15-11)16(2)13(17)12-4-3-7-18-12/h3-7,9-10H,8H2,1-2H3/t10-/m1/s1. The lowest BCUT2D eigenvalue weighted by Gasteiger charge is -2.23. The van der Waals surface area contributed by atoms with Gasteiger partial charge in [0.1, 0.15) is 0 Å². The first kappa shape index (κ1) is 12.3. The molecule has 0 bridgehead atoms. The molecule has 2 rings (SSSR count). The van der Waals surface area contributed by atoms with Gasteiger partial charge in [0.2, 0.25) is 0 Å². The van der Waals surface area contributed by atoms with Crippen LogP contribution >= 0.6 is 0 Å². The van der Waals surface area contributed by atoms with Crippen LogP contribution in [0.15, 0.2) is 41.4 Å². The summed E-state index contributed by atoms with van der Waals surface area (Å²) in [6.07, 6.45) is 7.15. The number of carbonyl (C=O) groups is 1. The molecule has 0 saturated carbocycles. The van der Waals surface area contributed by atoms with E-state index in [9.17, 15) is 4.79 Å². The molecule has 0 aliphatic rings. The molecule has 0 spiro atoms. The molecule has 94 valence electrons. The highest BCUT2D eigenvalue weighted by Gasteiger charge is 2.20. The van der Waals surface area contributed by atoms with Gasteiger partial charge < -0.3 is 9.32 Å². The van der Waals surface area contributed by atoms with Crippen molar-refractivity contribution >= 4 is 5.91 Å². The maximum Gasteiger partial charge on any atom is 0.289 e. The van der Waals surface area contributed by atoms with Crippen molar-refractivity contribution in [1.29, 1.82) is 0 Å². The fraction of sp³-hybridized carbons (Fsp3) is 0.308. The number of aromatic nitrogens is 2. The summed E-state index contributed by atoms with van der Waals surface area (Å²) in [5, 5.41) is 0. The topological polar surface area (TPSA) is 59.2 Å². The first-order chi connectivity index (χ1) is 8.68. The van der Waals surface area contributed by atoms with Crippen LogP contribution in [-0.2, 0) is 6.42 Å². The largest absolute Gasteiger partial charge is 0.459 e. The second-order valence-electron chi connectivity index (χ2n) is 4.14. The fourth-order valence-electron chi connectivity index (χ4n) is 1.65. The molecule has 0 aliphatic carbocycles. The van der Waals surface area contributed by atoms with Gasteiger partial charge in [0.25, 0.3) is 5.91 Å². The Morgan fingerprint density at radius 1 is 1.50 bits per heavy atom. The number of hydrogen-bond acceptors (Lipinski definition) is 4. The Labute approximate surface area is 105 Å². The SMILES string of the molecule is C[C@H](Cc1cnccn1)N(C)C(=O)c1ccco1. The zero-order valence-electron chi connectivity index (χ0n) is 10.4. The van der Waals surface area contributed by atoms with E-state index in [4.69, 9.17) is 4.42 Å². The van der Waals surface area contributed by atoms with E-state index in [1.165, 1.54) is 6.26 Å². The average Bonchev–Trinajstić information content (AvgIpc) is 2.92. The van der Waals surface area contributed by atoms with Crippen LogP contribution in [0.25, 0.3) is 0 Å². The Hall–Kier alpha value is -2.17. The summed E-state index contributed by atoms with van der Waals surface area (Å²) in [5.74, 6) is 0.222. The van der Waals surface area contributed by atoms with Crippen LogP contribution in [0.4, 0.5) is 0 Å². The molecule has 2 aromatic rings. The van der Waals surface area contributed by atoms with E-state index in [1.807, 2.05) is 6.92 Å². The van der Waals surface area contributed by atoms with Gasteiger partial charge in [0, 0.05) is 38.1 Å². The summed E-state index contributed by atoms with van der Waals surface area (Å²) in [6.45, 7) is 1.97. The molecule has 5 heteroatoms. The Bertz CT molecular complexity index is 496. The van der Waals surface area contributed by atoms with Crippen molar-refractivity contribution in [1.82, 2.24) is 14.9 Å². The van der Waals surface area contributed by atoms with Crippen LogP contribution in [0, 0.1) is 0 Å². The first-order valence-electron chi connectivity index (χ1n) is 5.74. The minimum absolute atomic E-state index is 0.0271. The molecule has 0 unspecified atom stereocenters. The van der Waals surface area contributed by atoms with Crippen molar-refractivity contribution in [2.75, 3.05) is 7.05 Å². The van der Waals surface area contributed by atoms with E-state index in [1.54, 1.807) is 42.7 Å². The predicted molar refractivity (Wildman–Crippen MR) is 66.0 cm³/mol. The zero-order chi connectivity index (χ0) is 13.0. The molecular formula is C13H15N3O2. The lowest BCUT2D eigenvalue weighted by molar-refractivity contribution is 0.0710. The number of nitrogens with zero attached hydrogens (tertiary/aromatic N) is 3. The van der Waals surface area contributed by atoms with Crippen LogP contribution in [0.2, 0.25) is 0 Å². The smallest absolute Gasteiger partial charge is 0.289 e. The third-order valence-electron chi connectivity index (χ3n) is 2.83. The van der Waals surface area contributed by atoms with Gasteiger partial charge in [0.15, 0.2) is 5.76 Å². The maximum absolute atomic E-state index is 12.0. The minimum atomic E-state index is -0.128. The summed E-state index contributed by atoms with van der Waals surface area (Å²) < 4.78 is 5.10.